The van der Waals surface area contributed by atoms with E-state index in [2.05, 4.69) is 5.32 Å². The number of amides is 1. The summed E-state index contributed by atoms with van der Waals surface area (Å²) in [6.45, 7) is 5.25. The van der Waals surface area contributed by atoms with Gasteiger partial charge in [-0.25, -0.2) is 9.59 Å². The van der Waals surface area contributed by atoms with Crippen molar-refractivity contribution in [2.75, 3.05) is 37.5 Å². The Hall–Kier alpha value is -3.92. The van der Waals surface area contributed by atoms with E-state index >= 15 is 0 Å². The normalized spacial score (nSPS) is 12.3. The van der Waals surface area contributed by atoms with Crippen LogP contribution in [0.15, 0.2) is 36.4 Å². The van der Waals surface area contributed by atoms with Crippen molar-refractivity contribution in [3.63, 3.8) is 0 Å². The molecule has 0 fully saturated rings. The minimum Gasteiger partial charge on any atom is -0.478 e. The van der Waals surface area contributed by atoms with Gasteiger partial charge >= 0.3 is 17.9 Å². The molecule has 2 atom stereocenters. The highest BCUT2D eigenvalue weighted by Gasteiger charge is 2.24. The molecule has 0 aliphatic heterocycles. The first-order chi connectivity index (χ1) is 17.5. The molecule has 0 radical (unpaired) electrons. The minimum atomic E-state index is -1.18. The molecular weight excluding hydrogens is 478 g/mol. The molecular formula is C27H35N3O7. The summed E-state index contributed by atoms with van der Waals surface area (Å²) in [5.41, 5.74) is 7.79. The Kier molecular flexibility index (Phi) is 10.6. The van der Waals surface area contributed by atoms with E-state index in [1.54, 1.807) is 32.0 Å². The highest BCUT2D eigenvalue weighted by Crippen LogP contribution is 2.39. The molecule has 0 bridgehead atoms. The molecule has 0 saturated heterocycles. The van der Waals surface area contributed by atoms with Crippen molar-refractivity contribution < 1.29 is 33.8 Å². The fourth-order valence-corrected chi connectivity index (χ4v) is 3.71. The summed E-state index contributed by atoms with van der Waals surface area (Å²) in [5, 5.41) is 12.7. The molecule has 2 rings (SSSR count). The third-order valence-corrected chi connectivity index (χ3v) is 5.71. The molecule has 0 heterocycles. The number of aromatic carboxylic acids is 1. The molecule has 200 valence electrons. The molecule has 0 aliphatic rings. The number of carbonyl (C=O) groups is 4. The predicted molar refractivity (Wildman–Crippen MR) is 141 cm³/mol. The fourth-order valence-electron chi connectivity index (χ4n) is 3.71. The number of rotatable bonds is 12. The summed E-state index contributed by atoms with van der Waals surface area (Å²) in [7, 11) is 3.62. The van der Waals surface area contributed by atoms with Crippen LogP contribution in [-0.4, -0.2) is 62.3 Å². The van der Waals surface area contributed by atoms with E-state index in [1.165, 1.54) is 18.2 Å². The zero-order chi connectivity index (χ0) is 27.7. The number of nitrogens with zero attached hydrogens (tertiary/aromatic N) is 1. The van der Waals surface area contributed by atoms with Crippen LogP contribution in [0.2, 0.25) is 0 Å². The number of carbonyl (C=O) groups excluding carboxylic acids is 3. The summed E-state index contributed by atoms with van der Waals surface area (Å²) < 4.78 is 9.93. The van der Waals surface area contributed by atoms with Crippen LogP contribution in [0.25, 0.3) is 11.1 Å². The molecule has 2 aromatic carbocycles. The molecule has 0 spiro atoms. The molecule has 37 heavy (non-hydrogen) atoms. The van der Waals surface area contributed by atoms with Crippen LogP contribution in [0.4, 0.5) is 11.4 Å². The molecule has 10 heteroatoms. The standard InChI is InChI=1S/C27H35N3O7/c1-6-8-16(3)24(31)29-23-19(25(32)33)13-14-21(30(4)5)22(23)17-9-11-18(12-10-17)26(34)37-15-20(28)27(35)36-7-2/h9-14,16,20H,6-8,15,28H2,1-5H3,(H,29,31)(H,32,33). The Morgan fingerprint density at radius 1 is 1.03 bits per heavy atom. The highest BCUT2D eigenvalue weighted by molar-refractivity contribution is 6.08. The van der Waals surface area contributed by atoms with E-state index in [4.69, 9.17) is 15.2 Å². The van der Waals surface area contributed by atoms with E-state index in [1.807, 2.05) is 25.9 Å². The van der Waals surface area contributed by atoms with Gasteiger partial charge in [0, 0.05) is 31.3 Å². The van der Waals surface area contributed by atoms with Gasteiger partial charge < -0.3 is 30.5 Å². The molecule has 10 nitrogen and oxygen atoms in total. The van der Waals surface area contributed by atoms with Crippen molar-refractivity contribution in [2.24, 2.45) is 11.7 Å². The second-order valence-corrected chi connectivity index (χ2v) is 8.80. The van der Waals surface area contributed by atoms with Gasteiger partial charge in [-0.15, -0.1) is 0 Å². The quantitative estimate of drug-likeness (QED) is 0.362. The molecule has 2 unspecified atom stereocenters. The third-order valence-electron chi connectivity index (χ3n) is 5.71. The number of carboxylic acid groups (broad SMARTS) is 1. The maximum absolute atomic E-state index is 12.9. The summed E-state index contributed by atoms with van der Waals surface area (Å²) in [6.07, 6.45) is 1.47. The number of benzene rings is 2. The van der Waals surface area contributed by atoms with Gasteiger partial charge in [-0.05, 0) is 43.2 Å². The summed E-state index contributed by atoms with van der Waals surface area (Å²) >= 11 is 0. The van der Waals surface area contributed by atoms with Crippen molar-refractivity contribution in [3.8, 4) is 11.1 Å². The molecule has 0 aliphatic carbocycles. The monoisotopic (exact) mass is 513 g/mol. The van der Waals surface area contributed by atoms with Crippen molar-refractivity contribution >= 4 is 35.2 Å². The largest absolute Gasteiger partial charge is 0.478 e. The number of nitrogens with one attached hydrogen (secondary N) is 1. The van der Waals surface area contributed by atoms with Gasteiger partial charge in [-0.2, -0.15) is 0 Å². The minimum absolute atomic E-state index is 0.0471. The number of ether oxygens (including phenoxy) is 2. The Labute approximate surface area is 216 Å². The van der Waals surface area contributed by atoms with Crippen LogP contribution in [-0.2, 0) is 19.1 Å². The molecule has 0 aromatic heterocycles. The van der Waals surface area contributed by atoms with Gasteiger partial charge in [0.15, 0.2) is 0 Å². The second-order valence-electron chi connectivity index (χ2n) is 8.80. The average Bonchev–Trinajstić information content (AvgIpc) is 2.86. The number of hydrogen-bond acceptors (Lipinski definition) is 8. The zero-order valence-electron chi connectivity index (χ0n) is 21.9. The SMILES string of the molecule is CCCC(C)C(=O)Nc1c(C(=O)O)ccc(N(C)C)c1-c1ccc(C(=O)OCC(N)C(=O)OCC)cc1. The summed E-state index contributed by atoms with van der Waals surface area (Å²) in [5.74, 6) is -3.10. The Balaban J connectivity index is 2.44. The van der Waals surface area contributed by atoms with Crippen molar-refractivity contribution in [1.29, 1.82) is 0 Å². The van der Waals surface area contributed by atoms with Gasteiger partial charge in [0.25, 0.3) is 0 Å². The lowest BCUT2D eigenvalue weighted by Crippen LogP contribution is -2.37. The van der Waals surface area contributed by atoms with E-state index < -0.39 is 23.9 Å². The van der Waals surface area contributed by atoms with E-state index in [0.717, 1.165) is 6.42 Å². The average molecular weight is 514 g/mol. The number of hydrogen-bond donors (Lipinski definition) is 3. The Bertz CT molecular complexity index is 1130. The van der Waals surface area contributed by atoms with Gasteiger partial charge in [-0.1, -0.05) is 32.4 Å². The predicted octanol–water partition coefficient (Wildman–Crippen LogP) is 3.54. The van der Waals surface area contributed by atoms with Gasteiger partial charge in [-0.3, -0.25) is 9.59 Å². The molecule has 2 aromatic rings. The van der Waals surface area contributed by atoms with E-state index in [9.17, 15) is 24.3 Å². The number of esters is 2. The third kappa shape index (κ3) is 7.53. The van der Waals surface area contributed by atoms with Crippen molar-refractivity contribution in [1.82, 2.24) is 0 Å². The van der Waals surface area contributed by atoms with Crippen LogP contribution >= 0.6 is 0 Å². The molecule has 4 N–H and O–H groups in total. The van der Waals surface area contributed by atoms with Gasteiger partial charge in [0.2, 0.25) is 5.91 Å². The van der Waals surface area contributed by atoms with Gasteiger partial charge in [0.05, 0.1) is 23.4 Å². The maximum Gasteiger partial charge on any atom is 0.338 e. The summed E-state index contributed by atoms with van der Waals surface area (Å²) in [6, 6.07) is 8.35. The van der Waals surface area contributed by atoms with Crippen LogP contribution in [0.1, 0.15) is 54.3 Å². The first kappa shape index (κ1) is 29.3. The number of carboxylic acids is 1. The first-order valence-corrected chi connectivity index (χ1v) is 12.1. The lowest BCUT2D eigenvalue weighted by atomic mass is 9.95. The second kappa shape index (κ2) is 13.4. The Morgan fingerprint density at radius 3 is 2.22 bits per heavy atom. The smallest absolute Gasteiger partial charge is 0.338 e. The van der Waals surface area contributed by atoms with Crippen LogP contribution in [0.3, 0.4) is 0 Å². The van der Waals surface area contributed by atoms with Crippen molar-refractivity contribution in [3.05, 3.63) is 47.5 Å². The molecule has 0 saturated carbocycles. The maximum atomic E-state index is 12.9. The lowest BCUT2D eigenvalue weighted by Gasteiger charge is -2.23. The van der Waals surface area contributed by atoms with E-state index in [0.29, 0.717) is 23.2 Å². The molecule has 1 amide bonds. The highest BCUT2D eigenvalue weighted by atomic mass is 16.5. The van der Waals surface area contributed by atoms with Gasteiger partial charge in [0.1, 0.15) is 12.6 Å². The van der Waals surface area contributed by atoms with E-state index in [-0.39, 0.29) is 41.9 Å². The zero-order valence-corrected chi connectivity index (χ0v) is 21.9. The van der Waals surface area contributed by atoms with Crippen LogP contribution < -0.4 is 16.0 Å². The topological polar surface area (TPSA) is 148 Å². The Morgan fingerprint density at radius 2 is 1.68 bits per heavy atom. The first-order valence-electron chi connectivity index (χ1n) is 12.1. The number of anilines is 2. The fraction of sp³-hybridized carbons (Fsp3) is 0.407. The lowest BCUT2D eigenvalue weighted by molar-refractivity contribution is -0.145. The number of nitrogens with two attached hydrogens (primary N) is 1. The van der Waals surface area contributed by atoms with Crippen LogP contribution in [0, 0.1) is 5.92 Å². The van der Waals surface area contributed by atoms with Crippen LogP contribution in [0.5, 0.6) is 0 Å². The summed E-state index contributed by atoms with van der Waals surface area (Å²) in [4.78, 5) is 50.8. The van der Waals surface area contributed by atoms with Crippen molar-refractivity contribution in [2.45, 2.75) is 39.7 Å².